The largest absolute Gasteiger partial charge is 0.388 e. The van der Waals surface area contributed by atoms with Crippen LogP contribution in [0.1, 0.15) is 22.8 Å². The molecule has 0 amide bonds. The molecule has 100 valence electrons. The topological polar surface area (TPSA) is 20.2 Å². The predicted octanol–water partition coefficient (Wildman–Crippen LogP) is 4.72. The Balaban J connectivity index is 2.25. The average Bonchev–Trinajstić information content (AvgIpc) is 2.37. The Morgan fingerprint density at radius 3 is 2.37 bits per heavy atom. The van der Waals surface area contributed by atoms with Gasteiger partial charge in [-0.25, -0.2) is 4.39 Å². The van der Waals surface area contributed by atoms with Gasteiger partial charge in [0.05, 0.1) is 6.10 Å². The van der Waals surface area contributed by atoms with Gasteiger partial charge in [-0.05, 0) is 41.8 Å². The summed E-state index contributed by atoms with van der Waals surface area (Å²) in [4.78, 5) is 0. The monoisotopic (exact) mass is 298 g/mol. The van der Waals surface area contributed by atoms with Crippen molar-refractivity contribution >= 4 is 23.2 Å². The standard InChI is InChI=1S/C15H13Cl2FO/c1-9-5-6-10(7-14(9)18)15(19)8-11-12(16)3-2-4-13(11)17/h2-7,15,19H,8H2,1H3. The second-order valence-corrected chi connectivity index (χ2v) is 5.24. The summed E-state index contributed by atoms with van der Waals surface area (Å²) < 4.78 is 13.5. The summed E-state index contributed by atoms with van der Waals surface area (Å²) in [6, 6.07) is 9.85. The average molecular weight is 299 g/mol. The molecule has 0 aliphatic heterocycles. The van der Waals surface area contributed by atoms with E-state index in [1.807, 2.05) is 0 Å². The van der Waals surface area contributed by atoms with Gasteiger partial charge in [0.15, 0.2) is 0 Å². The first-order valence-corrected chi connectivity index (χ1v) is 6.61. The van der Waals surface area contributed by atoms with E-state index in [1.54, 1.807) is 37.3 Å². The highest BCUT2D eigenvalue weighted by Crippen LogP contribution is 2.29. The van der Waals surface area contributed by atoms with Crippen molar-refractivity contribution in [1.29, 1.82) is 0 Å². The van der Waals surface area contributed by atoms with E-state index in [1.165, 1.54) is 6.07 Å². The van der Waals surface area contributed by atoms with E-state index >= 15 is 0 Å². The zero-order valence-corrected chi connectivity index (χ0v) is 11.8. The van der Waals surface area contributed by atoms with Crippen LogP contribution in [0.25, 0.3) is 0 Å². The molecule has 0 radical (unpaired) electrons. The molecule has 2 aromatic rings. The van der Waals surface area contributed by atoms with E-state index < -0.39 is 6.10 Å². The molecule has 0 aliphatic carbocycles. The third-order valence-electron chi connectivity index (χ3n) is 3.04. The van der Waals surface area contributed by atoms with Gasteiger partial charge < -0.3 is 5.11 Å². The molecular formula is C15H13Cl2FO. The lowest BCUT2D eigenvalue weighted by atomic mass is 10.00. The molecule has 1 atom stereocenters. The number of rotatable bonds is 3. The van der Waals surface area contributed by atoms with Crippen molar-refractivity contribution in [3.63, 3.8) is 0 Å². The first-order valence-electron chi connectivity index (χ1n) is 5.86. The normalized spacial score (nSPS) is 12.5. The molecule has 0 heterocycles. The van der Waals surface area contributed by atoms with Gasteiger partial charge >= 0.3 is 0 Å². The second kappa shape index (κ2) is 5.91. The third-order valence-corrected chi connectivity index (χ3v) is 3.75. The van der Waals surface area contributed by atoms with Gasteiger partial charge in [-0.1, -0.05) is 41.4 Å². The van der Waals surface area contributed by atoms with Crippen LogP contribution in [0, 0.1) is 12.7 Å². The minimum Gasteiger partial charge on any atom is -0.388 e. The number of aliphatic hydroxyl groups excluding tert-OH is 1. The van der Waals surface area contributed by atoms with Gasteiger partial charge in [0.25, 0.3) is 0 Å². The minimum atomic E-state index is -0.840. The SMILES string of the molecule is Cc1ccc(C(O)Cc2c(Cl)cccc2Cl)cc1F. The van der Waals surface area contributed by atoms with Crippen LogP contribution in [0.4, 0.5) is 4.39 Å². The molecule has 2 aromatic carbocycles. The van der Waals surface area contributed by atoms with Crippen LogP contribution in [0.15, 0.2) is 36.4 Å². The minimum absolute atomic E-state index is 0.251. The molecule has 4 heteroatoms. The fraction of sp³-hybridized carbons (Fsp3) is 0.200. The van der Waals surface area contributed by atoms with Crippen molar-refractivity contribution in [2.45, 2.75) is 19.4 Å². The van der Waals surface area contributed by atoms with Crippen LogP contribution in [-0.4, -0.2) is 5.11 Å². The summed E-state index contributed by atoms with van der Waals surface area (Å²) in [6.45, 7) is 1.68. The van der Waals surface area contributed by atoms with Crippen molar-refractivity contribution in [3.05, 3.63) is 69.0 Å². The van der Waals surface area contributed by atoms with Crippen molar-refractivity contribution in [3.8, 4) is 0 Å². The highest BCUT2D eigenvalue weighted by molar-refractivity contribution is 6.35. The van der Waals surface area contributed by atoms with Crippen LogP contribution in [-0.2, 0) is 6.42 Å². The quantitative estimate of drug-likeness (QED) is 0.869. The molecular weight excluding hydrogens is 286 g/mol. The summed E-state index contributed by atoms with van der Waals surface area (Å²) in [5, 5.41) is 11.2. The van der Waals surface area contributed by atoms with E-state index in [2.05, 4.69) is 0 Å². The lowest BCUT2D eigenvalue weighted by molar-refractivity contribution is 0.178. The van der Waals surface area contributed by atoms with Crippen LogP contribution in [0.5, 0.6) is 0 Å². The van der Waals surface area contributed by atoms with E-state index in [4.69, 9.17) is 23.2 Å². The fourth-order valence-electron chi connectivity index (χ4n) is 1.85. The van der Waals surface area contributed by atoms with E-state index in [0.717, 1.165) is 0 Å². The Kier molecular flexibility index (Phi) is 4.46. The Labute approximate surface area is 121 Å². The summed E-state index contributed by atoms with van der Waals surface area (Å²) in [6.07, 6.45) is -0.589. The third kappa shape index (κ3) is 3.27. The molecule has 19 heavy (non-hydrogen) atoms. The first-order chi connectivity index (χ1) is 8.99. The molecule has 0 bridgehead atoms. The Bertz CT molecular complexity index is 578. The molecule has 0 saturated carbocycles. The maximum Gasteiger partial charge on any atom is 0.126 e. The highest BCUT2D eigenvalue weighted by Gasteiger charge is 2.14. The van der Waals surface area contributed by atoms with Gasteiger partial charge in [0.2, 0.25) is 0 Å². The molecule has 0 fully saturated rings. The van der Waals surface area contributed by atoms with Gasteiger partial charge in [-0.2, -0.15) is 0 Å². The molecule has 1 N–H and O–H groups in total. The Hall–Kier alpha value is -1.09. The van der Waals surface area contributed by atoms with Crippen molar-refractivity contribution < 1.29 is 9.50 Å². The molecule has 2 rings (SSSR count). The van der Waals surface area contributed by atoms with Crippen LogP contribution in [0.2, 0.25) is 10.0 Å². The van der Waals surface area contributed by atoms with Gasteiger partial charge in [0.1, 0.15) is 5.82 Å². The maximum absolute atomic E-state index is 13.5. The van der Waals surface area contributed by atoms with E-state index in [9.17, 15) is 9.50 Å². The zero-order valence-electron chi connectivity index (χ0n) is 10.3. The molecule has 0 aliphatic rings. The van der Waals surface area contributed by atoms with Crippen LogP contribution in [0.3, 0.4) is 0 Å². The first kappa shape index (κ1) is 14.3. The molecule has 1 unspecified atom stereocenters. The Morgan fingerprint density at radius 2 is 1.79 bits per heavy atom. The van der Waals surface area contributed by atoms with Crippen molar-refractivity contribution in [1.82, 2.24) is 0 Å². The van der Waals surface area contributed by atoms with E-state index in [-0.39, 0.29) is 12.2 Å². The number of aryl methyl sites for hydroxylation is 1. The fourth-order valence-corrected chi connectivity index (χ4v) is 2.41. The van der Waals surface area contributed by atoms with Crippen molar-refractivity contribution in [2.75, 3.05) is 0 Å². The van der Waals surface area contributed by atoms with Gasteiger partial charge in [-0.15, -0.1) is 0 Å². The molecule has 0 spiro atoms. The van der Waals surface area contributed by atoms with Crippen LogP contribution >= 0.6 is 23.2 Å². The lowest BCUT2D eigenvalue weighted by Gasteiger charge is -2.14. The zero-order chi connectivity index (χ0) is 14.0. The van der Waals surface area contributed by atoms with Gasteiger partial charge in [-0.3, -0.25) is 0 Å². The van der Waals surface area contributed by atoms with E-state index in [0.29, 0.717) is 26.7 Å². The molecule has 1 nitrogen and oxygen atoms in total. The summed E-state index contributed by atoms with van der Waals surface area (Å²) >= 11 is 12.1. The number of halogens is 3. The van der Waals surface area contributed by atoms with Gasteiger partial charge in [0, 0.05) is 16.5 Å². The smallest absolute Gasteiger partial charge is 0.126 e. The van der Waals surface area contributed by atoms with Crippen molar-refractivity contribution in [2.24, 2.45) is 0 Å². The molecule has 0 aromatic heterocycles. The Morgan fingerprint density at radius 1 is 1.16 bits per heavy atom. The lowest BCUT2D eigenvalue weighted by Crippen LogP contribution is -2.04. The number of benzene rings is 2. The maximum atomic E-state index is 13.5. The number of hydrogen-bond acceptors (Lipinski definition) is 1. The van der Waals surface area contributed by atoms with Crippen LogP contribution < -0.4 is 0 Å². The number of hydrogen-bond donors (Lipinski definition) is 1. The summed E-state index contributed by atoms with van der Waals surface area (Å²) in [7, 11) is 0. The summed E-state index contributed by atoms with van der Waals surface area (Å²) in [5.74, 6) is -0.332. The predicted molar refractivity (Wildman–Crippen MR) is 76.3 cm³/mol. The summed E-state index contributed by atoms with van der Waals surface area (Å²) in [5.41, 5.74) is 1.73. The second-order valence-electron chi connectivity index (χ2n) is 4.43. The number of aliphatic hydroxyl groups is 1. The highest BCUT2D eigenvalue weighted by atomic mass is 35.5. The molecule has 0 saturated heterocycles.